The standard InChI is InChI=1S/C19H29N5O4/c1-22(2)12-8-20-16(25)17(26)21-13-14-6-10-24(11-7-14)19(28)15-5-4-9-23(3)18(15)27/h4-5,9,14H,6-8,10-13H2,1-3H3,(H,20,25)(H,21,26). The first-order valence-corrected chi connectivity index (χ1v) is 9.45. The van der Waals surface area contributed by atoms with E-state index >= 15 is 0 Å². The Morgan fingerprint density at radius 3 is 2.43 bits per heavy atom. The molecule has 0 saturated carbocycles. The van der Waals surface area contributed by atoms with Gasteiger partial charge in [-0.1, -0.05) is 0 Å². The number of carbonyl (C=O) groups excluding carboxylic acids is 3. The van der Waals surface area contributed by atoms with Crippen molar-refractivity contribution in [3.05, 3.63) is 34.2 Å². The van der Waals surface area contributed by atoms with Crippen LogP contribution in [0.25, 0.3) is 0 Å². The van der Waals surface area contributed by atoms with Crippen LogP contribution in [0, 0.1) is 5.92 Å². The first-order valence-electron chi connectivity index (χ1n) is 9.45. The quantitative estimate of drug-likeness (QED) is 0.608. The van der Waals surface area contributed by atoms with Crippen LogP contribution in [0.3, 0.4) is 0 Å². The highest BCUT2D eigenvalue weighted by Crippen LogP contribution is 2.17. The van der Waals surface area contributed by atoms with Crippen LogP contribution in [0.15, 0.2) is 23.1 Å². The van der Waals surface area contributed by atoms with E-state index in [0.717, 1.165) is 0 Å². The lowest BCUT2D eigenvalue weighted by atomic mass is 9.96. The number of amides is 3. The first kappa shape index (κ1) is 21.6. The van der Waals surface area contributed by atoms with Crippen LogP contribution >= 0.6 is 0 Å². The summed E-state index contributed by atoms with van der Waals surface area (Å²) in [5.41, 5.74) is -0.131. The van der Waals surface area contributed by atoms with Crippen molar-refractivity contribution in [3.8, 4) is 0 Å². The number of likely N-dealkylation sites (tertiary alicyclic amines) is 1. The van der Waals surface area contributed by atoms with E-state index in [4.69, 9.17) is 0 Å². The van der Waals surface area contributed by atoms with Crippen LogP contribution in [-0.2, 0) is 16.6 Å². The minimum atomic E-state index is -0.634. The molecule has 0 aliphatic carbocycles. The number of nitrogens with zero attached hydrogens (tertiary/aromatic N) is 3. The lowest BCUT2D eigenvalue weighted by molar-refractivity contribution is -0.139. The van der Waals surface area contributed by atoms with Crippen LogP contribution < -0.4 is 16.2 Å². The Labute approximate surface area is 164 Å². The third kappa shape index (κ3) is 5.91. The maximum absolute atomic E-state index is 12.6. The van der Waals surface area contributed by atoms with Crippen molar-refractivity contribution < 1.29 is 14.4 Å². The summed E-state index contributed by atoms with van der Waals surface area (Å²) in [7, 11) is 5.39. The van der Waals surface area contributed by atoms with E-state index < -0.39 is 11.8 Å². The Morgan fingerprint density at radius 1 is 1.14 bits per heavy atom. The molecule has 1 aliphatic rings. The molecule has 3 amide bonds. The van der Waals surface area contributed by atoms with E-state index in [0.29, 0.717) is 45.6 Å². The fraction of sp³-hybridized carbons (Fsp3) is 0.579. The minimum absolute atomic E-state index is 0.172. The summed E-state index contributed by atoms with van der Waals surface area (Å²) in [5, 5.41) is 5.24. The SMILES string of the molecule is CN(C)CCNC(=O)C(=O)NCC1CCN(C(=O)c2cccn(C)c2=O)CC1. The van der Waals surface area contributed by atoms with Crippen molar-refractivity contribution in [1.82, 2.24) is 25.0 Å². The van der Waals surface area contributed by atoms with Gasteiger partial charge in [0.05, 0.1) is 0 Å². The number of aromatic nitrogens is 1. The van der Waals surface area contributed by atoms with Crippen molar-refractivity contribution >= 4 is 17.7 Å². The summed E-state index contributed by atoms with van der Waals surface area (Å²) in [6.07, 6.45) is 3.04. The highest BCUT2D eigenvalue weighted by atomic mass is 16.2. The number of pyridine rings is 1. The smallest absolute Gasteiger partial charge is 0.309 e. The Balaban J connectivity index is 1.75. The fourth-order valence-electron chi connectivity index (χ4n) is 3.06. The molecule has 28 heavy (non-hydrogen) atoms. The van der Waals surface area contributed by atoms with Crippen LogP contribution in [-0.4, -0.2) is 78.9 Å². The number of aryl methyl sites for hydroxylation is 1. The first-order chi connectivity index (χ1) is 13.3. The number of rotatable bonds is 6. The highest BCUT2D eigenvalue weighted by molar-refractivity contribution is 6.35. The zero-order chi connectivity index (χ0) is 20.7. The van der Waals surface area contributed by atoms with Crippen LogP contribution in [0.4, 0.5) is 0 Å². The highest BCUT2D eigenvalue weighted by Gasteiger charge is 2.26. The maximum atomic E-state index is 12.6. The summed E-state index contributed by atoms with van der Waals surface area (Å²) >= 11 is 0. The van der Waals surface area contributed by atoms with Crippen molar-refractivity contribution in [1.29, 1.82) is 0 Å². The summed E-state index contributed by atoms with van der Waals surface area (Å²) in [6, 6.07) is 3.23. The second-order valence-corrected chi connectivity index (χ2v) is 7.34. The van der Waals surface area contributed by atoms with Gasteiger partial charge in [-0.2, -0.15) is 0 Å². The second kappa shape index (κ2) is 10.0. The van der Waals surface area contributed by atoms with Gasteiger partial charge in [0, 0.05) is 46.0 Å². The molecule has 0 atom stereocenters. The number of likely N-dealkylation sites (N-methyl/N-ethyl adjacent to an activating group) is 1. The molecule has 1 saturated heterocycles. The van der Waals surface area contributed by atoms with Gasteiger partial charge in [-0.25, -0.2) is 0 Å². The average molecular weight is 391 g/mol. The Bertz CT molecular complexity index is 766. The van der Waals surface area contributed by atoms with Gasteiger partial charge < -0.3 is 25.0 Å². The maximum Gasteiger partial charge on any atom is 0.309 e. The largest absolute Gasteiger partial charge is 0.348 e. The topological polar surface area (TPSA) is 104 Å². The molecule has 2 heterocycles. The molecule has 9 nitrogen and oxygen atoms in total. The van der Waals surface area contributed by atoms with E-state index in [1.807, 2.05) is 19.0 Å². The third-order valence-corrected chi connectivity index (χ3v) is 4.86. The molecule has 154 valence electrons. The molecular formula is C19H29N5O4. The summed E-state index contributed by atoms with van der Waals surface area (Å²) in [5.74, 6) is -1.33. The van der Waals surface area contributed by atoms with Crippen molar-refractivity contribution in [3.63, 3.8) is 0 Å². The summed E-state index contributed by atoms with van der Waals surface area (Å²) in [4.78, 5) is 51.8. The van der Waals surface area contributed by atoms with Gasteiger partial charge in [-0.05, 0) is 45.0 Å². The van der Waals surface area contributed by atoms with Crippen LogP contribution in [0.1, 0.15) is 23.2 Å². The van der Waals surface area contributed by atoms with E-state index in [1.165, 1.54) is 4.57 Å². The van der Waals surface area contributed by atoms with Crippen LogP contribution in [0.5, 0.6) is 0 Å². The molecule has 0 spiro atoms. The molecule has 1 aromatic rings. The molecule has 2 N–H and O–H groups in total. The van der Waals surface area contributed by atoms with Gasteiger partial charge in [0.1, 0.15) is 5.56 Å². The van der Waals surface area contributed by atoms with Gasteiger partial charge in [-0.15, -0.1) is 0 Å². The molecule has 2 rings (SSSR count). The summed E-state index contributed by atoms with van der Waals surface area (Å²) < 4.78 is 1.39. The van der Waals surface area contributed by atoms with Crippen molar-refractivity contribution in [2.45, 2.75) is 12.8 Å². The van der Waals surface area contributed by atoms with E-state index in [2.05, 4.69) is 10.6 Å². The second-order valence-electron chi connectivity index (χ2n) is 7.34. The third-order valence-electron chi connectivity index (χ3n) is 4.86. The molecule has 9 heteroatoms. The number of hydrogen-bond acceptors (Lipinski definition) is 5. The zero-order valence-electron chi connectivity index (χ0n) is 16.7. The number of hydrogen-bond donors (Lipinski definition) is 2. The zero-order valence-corrected chi connectivity index (χ0v) is 16.7. The molecule has 1 aromatic heterocycles. The predicted molar refractivity (Wildman–Crippen MR) is 105 cm³/mol. The van der Waals surface area contributed by atoms with Crippen molar-refractivity contribution in [2.75, 3.05) is 46.8 Å². The Morgan fingerprint density at radius 2 is 1.79 bits per heavy atom. The molecule has 1 aliphatic heterocycles. The lowest BCUT2D eigenvalue weighted by Gasteiger charge is -2.32. The van der Waals surface area contributed by atoms with E-state index in [1.54, 1.807) is 30.3 Å². The van der Waals surface area contributed by atoms with Gasteiger partial charge in [0.25, 0.3) is 11.5 Å². The van der Waals surface area contributed by atoms with Gasteiger partial charge >= 0.3 is 11.8 Å². The minimum Gasteiger partial charge on any atom is -0.348 e. The Kier molecular flexibility index (Phi) is 7.74. The lowest BCUT2D eigenvalue weighted by Crippen LogP contribution is -2.46. The van der Waals surface area contributed by atoms with Gasteiger partial charge in [-0.3, -0.25) is 19.2 Å². The normalized spacial score (nSPS) is 14.8. The number of carbonyl (C=O) groups is 3. The Hall–Kier alpha value is -2.68. The molecule has 0 radical (unpaired) electrons. The van der Waals surface area contributed by atoms with E-state index in [-0.39, 0.29) is 22.9 Å². The molecule has 1 fully saturated rings. The van der Waals surface area contributed by atoms with Crippen LogP contribution in [0.2, 0.25) is 0 Å². The van der Waals surface area contributed by atoms with Gasteiger partial charge in [0.15, 0.2) is 0 Å². The monoisotopic (exact) mass is 391 g/mol. The molecule has 0 aromatic carbocycles. The molecular weight excluding hydrogens is 362 g/mol. The predicted octanol–water partition coefficient (Wildman–Crippen LogP) is -0.968. The molecule has 0 unspecified atom stereocenters. The molecule has 0 bridgehead atoms. The average Bonchev–Trinajstić information content (AvgIpc) is 2.67. The number of piperidine rings is 1. The van der Waals surface area contributed by atoms with E-state index in [9.17, 15) is 19.2 Å². The van der Waals surface area contributed by atoms with Crippen molar-refractivity contribution in [2.24, 2.45) is 13.0 Å². The van der Waals surface area contributed by atoms with Gasteiger partial charge in [0.2, 0.25) is 0 Å². The summed E-state index contributed by atoms with van der Waals surface area (Å²) in [6.45, 7) is 2.52. The number of nitrogens with one attached hydrogen (secondary N) is 2. The fourth-order valence-corrected chi connectivity index (χ4v) is 3.06.